The van der Waals surface area contributed by atoms with E-state index in [4.69, 9.17) is 18.9 Å². The largest absolute Gasteiger partial charge is 0.496 e. The minimum Gasteiger partial charge on any atom is -0.496 e. The van der Waals surface area contributed by atoms with E-state index in [-0.39, 0.29) is 0 Å². The number of hydrogen-bond acceptors (Lipinski definition) is 8. The molecule has 1 N–H and O–H groups in total. The maximum atomic E-state index is 5.61. The molecule has 0 spiro atoms. The van der Waals surface area contributed by atoms with E-state index in [2.05, 4.69) is 121 Å². The lowest BCUT2D eigenvalue weighted by Crippen LogP contribution is -2.38. The van der Waals surface area contributed by atoms with Crippen LogP contribution in [0.3, 0.4) is 0 Å². The van der Waals surface area contributed by atoms with Crippen LogP contribution < -0.4 is 39.0 Å². The zero-order valence-corrected chi connectivity index (χ0v) is 31.8. The van der Waals surface area contributed by atoms with Gasteiger partial charge < -0.3 is 39.0 Å². The lowest BCUT2D eigenvalue weighted by molar-refractivity contribution is 0.411. The van der Waals surface area contributed by atoms with Crippen molar-refractivity contribution >= 4 is 22.7 Å². The van der Waals surface area contributed by atoms with Crippen molar-refractivity contribution in [3.63, 3.8) is 0 Å². The predicted octanol–water partition coefficient (Wildman–Crippen LogP) is 8.69. The number of benzene rings is 4. The van der Waals surface area contributed by atoms with Crippen molar-refractivity contribution in [1.29, 1.82) is 0 Å². The zero-order chi connectivity index (χ0) is 36.0. The molecule has 0 saturated heterocycles. The summed E-state index contributed by atoms with van der Waals surface area (Å²) in [6.07, 6.45) is 2.07. The normalized spacial score (nSPS) is 10.8. The summed E-state index contributed by atoms with van der Waals surface area (Å²) < 4.78 is 22.2. The second-order valence-corrected chi connectivity index (χ2v) is 12.9. The predicted molar refractivity (Wildman–Crippen MR) is 211 cm³/mol. The fourth-order valence-electron chi connectivity index (χ4n) is 6.58. The van der Waals surface area contributed by atoms with Gasteiger partial charge in [0, 0.05) is 68.6 Å². The third-order valence-electron chi connectivity index (χ3n) is 9.33. The number of rotatable bonds is 20. The molecule has 0 unspecified atom stereocenters. The third-order valence-corrected chi connectivity index (χ3v) is 9.33. The van der Waals surface area contributed by atoms with Gasteiger partial charge in [-0.15, -0.1) is 0 Å². The first-order valence-corrected chi connectivity index (χ1v) is 17.8. The van der Waals surface area contributed by atoms with Gasteiger partial charge in [-0.05, 0) is 136 Å². The zero-order valence-electron chi connectivity index (χ0n) is 31.8. The van der Waals surface area contributed by atoms with Crippen LogP contribution in [0.5, 0.6) is 23.0 Å². The number of hydrogen-bond donors (Lipinski definition) is 1. The molecule has 0 aliphatic heterocycles. The van der Waals surface area contributed by atoms with E-state index in [1.807, 2.05) is 6.07 Å². The first kappa shape index (κ1) is 38.1. The molecule has 0 aliphatic rings. The van der Waals surface area contributed by atoms with Gasteiger partial charge in [0.2, 0.25) is 0 Å². The lowest BCUT2D eigenvalue weighted by Gasteiger charge is -2.32. The van der Waals surface area contributed by atoms with E-state index in [0.29, 0.717) is 0 Å². The average molecular weight is 683 g/mol. The monoisotopic (exact) mass is 682 g/mol. The van der Waals surface area contributed by atoms with Crippen LogP contribution in [-0.2, 0) is 0 Å². The van der Waals surface area contributed by atoms with E-state index in [9.17, 15) is 0 Å². The third kappa shape index (κ3) is 10.2. The van der Waals surface area contributed by atoms with Gasteiger partial charge in [-0.25, -0.2) is 0 Å². The van der Waals surface area contributed by atoms with Gasteiger partial charge in [0.15, 0.2) is 0 Å². The Kier molecular flexibility index (Phi) is 14.4. The molecule has 0 atom stereocenters. The molecule has 270 valence electrons. The van der Waals surface area contributed by atoms with Gasteiger partial charge in [0.1, 0.15) is 23.0 Å². The number of methoxy groups -OCH3 is 4. The van der Waals surface area contributed by atoms with Crippen LogP contribution in [0.1, 0.15) is 42.0 Å². The molecule has 0 radical (unpaired) electrons. The lowest BCUT2D eigenvalue weighted by atomic mass is 10.1. The van der Waals surface area contributed by atoms with Gasteiger partial charge in [0.05, 0.1) is 28.4 Å². The first-order valence-electron chi connectivity index (χ1n) is 17.8. The van der Waals surface area contributed by atoms with E-state index in [1.165, 1.54) is 17.1 Å². The molecule has 4 aromatic rings. The Morgan fingerprint density at radius 2 is 0.840 bits per heavy atom. The molecule has 4 rings (SSSR count). The molecule has 8 nitrogen and oxygen atoms in total. The van der Waals surface area contributed by atoms with Gasteiger partial charge in [-0.1, -0.05) is 6.92 Å². The van der Waals surface area contributed by atoms with Crippen LogP contribution in [0.25, 0.3) is 0 Å². The number of ether oxygens (including phenoxy) is 4. The highest BCUT2D eigenvalue weighted by Crippen LogP contribution is 2.28. The summed E-state index contributed by atoms with van der Waals surface area (Å²) in [5, 5.41) is 3.63. The highest BCUT2D eigenvalue weighted by Gasteiger charge is 2.15. The number of aryl methyl sites for hydroxylation is 4. The molecule has 4 aromatic carbocycles. The summed E-state index contributed by atoms with van der Waals surface area (Å²) in [4.78, 5) is 7.51. The fraction of sp³-hybridized carbons (Fsp3) is 0.429. The molecule has 0 heterocycles. The molecule has 8 heteroatoms. The van der Waals surface area contributed by atoms with Gasteiger partial charge in [-0.2, -0.15) is 0 Å². The van der Waals surface area contributed by atoms with Crippen molar-refractivity contribution in [2.45, 2.75) is 47.5 Å². The van der Waals surface area contributed by atoms with Crippen LogP contribution in [0.4, 0.5) is 22.7 Å². The van der Waals surface area contributed by atoms with E-state index >= 15 is 0 Å². The molecule has 0 aliphatic carbocycles. The second kappa shape index (κ2) is 18.9. The number of nitrogens with zero attached hydrogens (tertiary/aromatic N) is 3. The molecule has 0 fully saturated rings. The molecule has 0 aromatic heterocycles. The topological polar surface area (TPSA) is 58.7 Å². The van der Waals surface area contributed by atoms with Crippen LogP contribution in [0.15, 0.2) is 72.8 Å². The van der Waals surface area contributed by atoms with Crippen LogP contribution in [-0.4, -0.2) is 74.3 Å². The Morgan fingerprint density at radius 1 is 0.460 bits per heavy atom. The molecule has 0 bridgehead atoms. The molecule has 0 amide bonds. The molecular formula is C42H58N4O4. The van der Waals surface area contributed by atoms with E-state index < -0.39 is 0 Å². The van der Waals surface area contributed by atoms with Crippen molar-refractivity contribution in [3.05, 3.63) is 95.1 Å². The number of nitrogens with one attached hydrogen (secondary N) is 1. The van der Waals surface area contributed by atoms with Gasteiger partial charge >= 0.3 is 0 Å². The van der Waals surface area contributed by atoms with Crippen LogP contribution in [0.2, 0.25) is 0 Å². The fourth-order valence-corrected chi connectivity index (χ4v) is 6.58. The van der Waals surface area contributed by atoms with Crippen molar-refractivity contribution in [3.8, 4) is 23.0 Å². The van der Waals surface area contributed by atoms with Crippen LogP contribution >= 0.6 is 0 Å². The Balaban J connectivity index is 1.52. The van der Waals surface area contributed by atoms with Gasteiger partial charge in [0.25, 0.3) is 0 Å². The minimum atomic E-state index is 0.811. The molecular weight excluding hydrogens is 624 g/mol. The standard InChI is InChI=1S/C42H58N4O4/c1-10-21-44(36-13-17-40(48-7)32(3)28-36)25-26-46(38-15-19-42(50-9)34(5)30-38)23-11-22-45(37-14-18-41(49-8)33(4)29-37)24-20-43-35-12-16-39(47-6)31(2)27-35/h12-19,27-30,43H,10-11,20-26H2,1-9H3. The molecule has 0 saturated carbocycles. The average Bonchev–Trinajstić information content (AvgIpc) is 3.11. The van der Waals surface area contributed by atoms with Gasteiger partial charge in [-0.3, -0.25) is 0 Å². The summed E-state index contributed by atoms with van der Waals surface area (Å²) in [7, 11) is 6.91. The summed E-state index contributed by atoms with van der Waals surface area (Å²) in [6.45, 7) is 17.0. The van der Waals surface area contributed by atoms with E-state index in [1.54, 1.807) is 28.4 Å². The number of anilines is 4. The van der Waals surface area contributed by atoms with Crippen molar-refractivity contribution in [2.24, 2.45) is 0 Å². The molecule has 50 heavy (non-hydrogen) atoms. The summed E-state index contributed by atoms with van der Waals surface area (Å²) >= 11 is 0. The smallest absolute Gasteiger partial charge is 0.121 e. The summed E-state index contributed by atoms with van der Waals surface area (Å²) in [5.74, 6) is 3.65. The van der Waals surface area contributed by atoms with E-state index in [0.717, 1.165) is 110 Å². The SMILES string of the molecule is CCCN(CCN(CCCN(CCNc1ccc(OC)c(C)c1)c1ccc(OC)c(C)c1)c1ccc(OC)c(C)c1)c1ccc(OC)c(C)c1. The van der Waals surface area contributed by atoms with Crippen molar-refractivity contribution < 1.29 is 18.9 Å². The quantitative estimate of drug-likeness (QED) is 0.0994. The van der Waals surface area contributed by atoms with Crippen LogP contribution in [0, 0.1) is 27.7 Å². The first-order chi connectivity index (χ1) is 24.2. The Bertz CT molecular complexity index is 1660. The Labute approximate surface area is 300 Å². The van der Waals surface area contributed by atoms with Crippen molar-refractivity contribution in [2.75, 3.05) is 94.3 Å². The Morgan fingerprint density at radius 3 is 1.22 bits per heavy atom. The summed E-state index contributed by atoms with van der Waals surface area (Å²) in [6, 6.07) is 25.8. The maximum absolute atomic E-state index is 5.61. The van der Waals surface area contributed by atoms with Crippen molar-refractivity contribution in [1.82, 2.24) is 0 Å². The summed E-state index contributed by atoms with van der Waals surface area (Å²) in [5.41, 5.74) is 9.29. The second-order valence-electron chi connectivity index (χ2n) is 12.9. The maximum Gasteiger partial charge on any atom is 0.121 e. The Hall–Kier alpha value is -4.72. The highest BCUT2D eigenvalue weighted by molar-refractivity contribution is 5.57. The minimum absolute atomic E-state index is 0.811. The highest BCUT2D eigenvalue weighted by atomic mass is 16.5.